The van der Waals surface area contributed by atoms with Crippen molar-refractivity contribution >= 4 is 23.6 Å². The molecule has 0 aromatic heterocycles. The van der Waals surface area contributed by atoms with Crippen molar-refractivity contribution in [3.8, 4) is 5.75 Å². The van der Waals surface area contributed by atoms with Crippen molar-refractivity contribution in [1.82, 2.24) is 5.32 Å². The molecule has 0 aliphatic heterocycles. The number of benzene rings is 1. The van der Waals surface area contributed by atoms with E-state index in [1.165, 1.54) is 11.8 Å². The van der Waals surface area contributed by atoms with E-state index in [-0.39, 0.29) is 23.5 Å². The normalized spacial score (nSPS) is 12.0. The van der Waals surface area contributed by atoms with Crippen molar-refractivity contribution < 1.29 is 14.3 Å². The molecule has 2 amide bonds. The van der Waals surface area contributed by atoms with Gasteiger partial charge in [0.2, 0.25) is 11.8 Å². The quantitative estimate of drug-likeness (QED) is 0.687. The molecular weight excluding hydrogens is 312 g/mol. The lowest BCUT2D eigenvalue weighted by atomic mass is 10.1. The van der Waals surface area contributed by atoms with E-state index < -0.39 is 5.91 Å². The van der Waals surface area contributed by atoms with Crippen molar-refractivity contribution in [2.24, 2.45) is 11.7 Å². The topological polar surface area (TPSA) is 81.4 Å². The van der Waals surface area contributed by atoms with Gasteiger partial charge in [0.05, 0.1) is 24.2 Å². The van der Waals surface area contributed by atoms with Gasteiger partial charge in [-0.3, -0.25) is 9.59 Å². The van der Waals surface area contributed by atoms with Gasteiger partial charge in [0.25, 0.3) is 0 Å². The van der Waals surface area contributed by atoms with E-state index in [9.17, 15) is 9.59 Å². The largest absolute Gasteiger partial charge is 0.494 e. The third kappa shape index (κ3) is 8.50. The molecule has 0 radical (unpaired) electrons. The molecule has 1 rings (SSSR count). The van der Waals surface area contributed by atoms with Crippen molar-refractivity contribution in [3.63, 3.8) is 0 Å². The first kappa shape index (κ1) is 19.4. The lowest BCUT2D eigenvalue weighted by Gasteiger charge is -2.15. The molecule has 3 N–H and O–H groups in total. The van der Waals surface area contributed by atoms with Crippen LogP contribution in [0.25, 0.3) is 0 Å². The average molecular weight is 338 g/mol. The highest BCUT2D eigenvalue weighted by Gasteiger charge is 2.10. The van der Waals surface area contributed by atoms with Crippen molar-refractivity contribution in [2.45, 2.75) is 33.2 Å². The number of ether oxygens (including phenoxy) is 1. The van der Waals surface area contributed by atoms with E-state index in [1.807, 2.05) is 31.2 Å². The van der Waals surface area contributed by atoms with Crippen LogP contribution in [0.15, 0.2) is 24.3 Å². The summed E-state index contributed by atoms with van der Waals surface area (Å²) in [6.07, 6.45) is 1.02. The summed E-state index contributed by atoms with van der Waals surface area (Å²) >= 11 is 1.21. The zero-order chi connectivity index (χ0) is 17.2. The van der Waals surface area contributed by atoms with E-state index in [0.717, 1.165) is 17.7 Å². The first-order valence-corrected chi connectivity index (χ1v) is 8.92. The van der Waals surface area contributed by atoms with Gasteiger partial charge in [0, 0.05) is 0 Å². The van der Waals surface area contributed by atoms with Gasteiger partial charge in [0.1, 0.15) is 5.75 Å². The van der Waals surface area contributed by atoms with Crippen LogP contribution in [-0.4, -0.2) is 29.9 Å². The number of hydrogen-bond acceptors (Lipinski definition) is 4. The number of thioether (sulfide) groups is 1. The minimum Gasteiger partial charge on any atom is -0.494 e. The van der Waals surface area contributed by atoms with Gasteiger partial charge in [-0.05, 0) is 37.0 Å². The van der Waals surface area contributed by atoms with Gasteiger partial charge in [-0.25, -0.2) is 0 Å². The van der Waals surface area contributed by atoms with Gasteiger partial charge >= 0.3 is 0 Å². The third-order valence-corrected chi connectivity index (χ3v) is 4.15. The molecule has 1 aromatic carbocycles. The number of nitrogens with two attached hydrogens (primary N) is 1. The Bertz CT molecular complexity index is 503. The van der Waals surface area contributed by atoms with E-state index in [2.05, 4.69) is 19.2 Å². The van der Waals surface area contributed by atoms with E-state index in [0.29, 0.717) is 12.5 Å². The van der Waals surface area contributed by atoms with E-state index in [4.69, 9.17) is 10.5 Å². The Kier molecular flexibility index (Phi) is 8.55. The van der Waals surface area contributed by atoms with E-state index in [1.54, 1.807) is 0 Å². The predicted molar refractivity (Wildman–Crippen MR) is 94.5 cm³/mol. The summed E-state index contributed by atoms with van der Waals surface area (Å²) in [6, 6.07) is 7.64. The van der Waals surface area contributed by atoms with Crippen LogP contribution in [0.5, 0.6) is 5.75 Å². The van der Waals surface area contributed by atoms with Crippen LogP contribution in [0, 0.1) is 5.92 Å². The maximum Gasteiger partial charge on any atom is 0.230 e. The molecule has 6 heteroatoms. The standard InChI is InChI=1S/C17H26N2O3S/c1-12(2)8-9-22-15-6-4-14(5-7-15)13(3)19-17(21)11-23-10-16(18)20/h4-7,12-13H,8-11H2,1-3H3,(H2,18,20)(H,19,21). The molecule has 1 aromatic rings. The fourth-order valence-electron chi connectivity index (χ4n) is 1.88. The molecular formula is C17H26N2O3S. The number of carbonyl (C=O) groups is 2. The summed E-state index contributed by atoms with van der Waals surface area (Å²) in [5, 5.41) is 2.89. The Morgan fingerprint density at radius 2 is 1.83 bits per heavy atom. The zero-order valence-electron chi connectivity index (χ0n) is 14.0. The highest BCUT2D eigenvalue weighted by atomic mass is 32.2. The summed E-state index contributed by atoms with van der Waals surface area (Å²) in [5.41, 5.74) is 6.04. The first-order chi connectivity index (χ1) is 10.9. The molecule has 0 aliphatic rings. The van der Waals surface area contributed by atoms with Gasteiger partial charge in [-0.15, -0.1) is 11.8 Å². The number of primary amides is 1. The highest BCUT2D eigenvalue weighted by molar-refractivity contribution is 8.00. The summed E-state index contributed by atoms with van der Waals surface area (Å²) in [7, 11) is 0. The second-order valence-corrected chi connectivity index (χ2v) is 6.83. The van der Waals surface area contributed by atoms with Gasteiger partial charge in [-0.1, -0.05) is 26.0 Å². The van der Waals surface area contributed by atoms with Crippen LogP contribution < -0.4 is 15.8 Å². The van der Waals surface area contributed by atoms with Crippen LogP contribution in [0.1, 0.15) is 38.8 Å². The van der Waals surface area contributed by atoms with Gasteiger partial charge in [0.15, 0.2) is 0 Å². The Labute approximate surface area is 142 Å². The Morgan fingerprint density at radius 1 is 1.17 bits per heavy atom. The highest BCUT2D eigenvalue weighted by Crippen LogP contribution is 2.18. The number of hydrogen-bond donors (Lipinski definition) is 2. The molecule has 0 fully saturated rings. The summed E-state index contributed by atoms with van der Waals surface area (Å²) < 4.78 is 5.67. The number of nitrogens with one attached hydrogen (secondary N) is 1. The Morgan fingerprint density at radius 3 is 2.39 bits per heavy atom. The zero-order valence-corrected chi connectivity index (χ0v) is 14.8. The molecule has 0 bridgehead atoms. The molecule has 0 saturated carbocycles. The van der Waals surface area contributed by atoms with Crippen molar-refractivity contribution in [2.75, 3.05) is 18.1 Å². The smallest absolute Gasteiger partial charge is 0.230 e. The van der Waals surface area contributed by atoms with Crippen LogP contribution in [0.4, 0.5) is 0 Å². The fourth-order valence-corrected chi connectivity index (χ4v) is 2.45. The lowest BCUT2D eigenvalue weighted by molar-refractivity contribution is -0.119. The van der Waals surface area contributed by atoms with Crippen LogP contribution >= 0.6 is 11.8 Å². The molecule has 5 nitrogen and oxygen atoms in total. The Hall–Kier alpha value is -1.69. The molecule has 23 heavy (non-hydrogen) atoms. The number of rotatable bonds is 10. The number of carbonyl (C=O) groups excluding carboxylic acids is 2. The predicted octanol–water partition coefficient (Wildman–Crippen LogP) is 2.51. The Balaban J connectivity index is 2.39. The SMILES string of the molecule is CC(C)CCOc1ccc(C(C)NC(=O)CSCC(N)=O)cc1. The minimum absolute atomic E-state index is 0.0959. The fraction of sp³-hybridized carbons (Fsp3) is 0.529. The van der Waals surface area contributed by atoms with Crippen LogP contribution in [0.2, 0.25) is 0 Å². The third-order valence-electron chi connectivity index (χ3n) is 3.20. The summed E-state index contributed by atoms with van der Waals surface area (Å²) in [5.74, 6) is 1.32. The molecule has 1 unspecified atom stereocenters. The van der Waals surface area contributed by atoms with Gasteiger partial charge < -0.3 is 15.8 Å². The first-order valence-electron chi connectivity index (χ1n) is 7.76. The van der Waals surface area contributed by atoms with Crippen molar-refractivity contribution in [1.29, 1.82) is 0 Å². The maximum absolute atomic E-state index is 11.8. The summed E-state index contributed by atoms with van der Waals surface area (Å²) in [4.78, 5) is 22.4. The molecule has 1 atom stereocenters. The minimum atomic E-state index is -0.413. The van der Waals surface area contributed by atoms with E-state index >= 15 is 0 Å². The second kappa shape index (κ2) is 10.2. The molecule has 0 aliphatic carbocycles. The molecule has 128 valence electrons. The van der Waals surface area contributed by atoms with Gasteiger partial charge in [-0.2, -0.15) is 0 Å². The molecule has 0 saturated heterocycles. The maximum atomic E-state index is 11.8. The summed E-state index contributed by atoms with van der Waals surface area (Å²) in [6.45, 7) is 6.96. The van der Waals surface area contributed by atoms with Crippen LogP contribution in [-0.2, 0) is 9.59 Å². The average Bonchev–Trinajstić information content (AvgIpc) is 2.47. The number of amides is 2. The second-order valence-electron chi connectivity index (χ2n) is 5.85. The lowest BCUT2D eigenvalue weighted by Crippen LogP contribution is -2.28. The molecule has 0 spiro atoms. The monoisotopic (exact) mass is 338 g/mol. The van der Waals surface area contributed by atoms with Crippen molar-refractivity contribution in [3.05, 3.63) is 29.8 Å². The van der Waals surface area contributed by atoms with Crippen LogP contribution in [0.3, 0.4) is 0 Å². The molecule has 0 heterocycles.